The Labute approximate surface area is 93.3 Å². The average Bonchev–Trinajstić information content (AvgIpc) is 2.64. The van der Waals surface area contributed by atoms with E-state index in [4.69, 9.17) is 0 Å². The Morgan fingerprint density at radius 1 is 1.43 bits per heavy atom. The number of pyridine rings is 1. The Morgan fingerprint density at radius 3 is 2.79 bits per heavy atom. The van der Waals surface area contributed by atoms with Gasteiger partial charge in [0.05, 0.1) is 0 Å². The van der Waals surface area contributed by atoms with E-state index in [1.54, 1.807) is 0 Å². The van der Waals surface area contributed by atoms with Crippen LogP contribution in [0.4, 0.5) is 5.82 Å². The van der Waals surface area contributed by atoms with Crippen LogP contribution < -0.4 is 5.32 Å². The summed E-state index contributed by atoms with van der Waals surface area (Å²) in [6, 6.07) is 2.74. The lowest BCUT2D eigenvalue weighted by Gasteiger charge is -2.13. The normalized spacial score (nSPS) is 17.3. The van der Waals surface area contributed by atoms with Crippen molar-refractivity contribution in [3.05, 3.63) is 22.3 Å². The smallest absolute Gasteiger partial charge is 0.126 e. The summed E-state index contributed by atoms with van der Waals surface area (Å²) in [5, 5.41) is 3.48. The number of nitrogens with zero attached hydrogens (tertiary/aromatic N) is 1. The molecule has 1 aromatic heterocycles. The van der Waals surface area contributed by atoms with Gasteiger partial charge >= 0.3 is 0 Å². The van der Waals surface area contributed by atoms with Crippen LogP contribution in [-0.2, 0) is 0 Å². The summed E-state index contributed by atoms with van der Waals surface area (Å²) in [6.07, 6.45) is 7.15. The number of nitrogens with one attached hydrogen (secondary N) is 1. The highest BCUT2D eigenvalue weighted by Crippen LogP contribution is 2.23. The lowest BCUT2D eigenvalue weighted by molar-refractivity contribution is 0.750. The van der Waals surface area contributed by atoms with E-state index in [1.807, 2.05) is 6.20 Å². The van der Waals surface area contributed by atoms with Crippen molar-refractivity contribution in [1.82, 2.24) is 4.98 Å². The zero-order chi connectivity index (χ0) is 9.97. The van der Waals surface area contributed by atoms with Crippen molar-refractivity contribution in [2.45, 2.75) is 38.6 Å². The molecular formula is C11H15BrN2. The quantitative estimate of drug-likeness (QED) is 0.874. The van der Waals surface area contributed by atoms with Gasteiger partial charge in [-0.3, -0.25) is 0 Å². The first-order chi connectivity index (χ1) is 6.75. The van der Waals surface area contributed by atoms with E-state index in [0.29, 0.717) is 6.04 Å². The van der Waals surface area contributed by atoms with Crippen molar-refractivity contribution in [3.63, 3.8) is 0 Å². The molecule has 0 amide bonds. The molecule has 0 atom stereocenters. The van der Waals surface area contributed by atoms with Gasteiger partial charge in [0.2, 0.25) is 0 Å². The van der Waals surface area contributed by atoms with Crippen molar-refractivity contribution >= 4 is 21.7 Å². The van der Waals surface area contributed by atoms with E-state index in [0.717, 1.165) is 10.3 Å². The molecule has 1 aliphatic carbocycles. The van der Waals surface area contributed by atoms with Crippen LogP contribution >= 0.6 is 15.9 Å². The van der Waals surface area contributed by atoms with Gasteiger partial charge < -0.3 is 5.32 Å². The average molecular weight is 255 g/mol. The van der Waals surface area contributed by atoms with Crippen LogP contribution in [0.2, 0.25) is 0 Å². The molecule has 1 saturated carbocycles. The summed E-state index contributed by atoms with van der Waals surface area (Å²) in [4.78, 5) is 4.34. The van der Waals surface area contributed by atoms with Gasteiger partial charge in [0, 0.05) is 16.7 Å². The second-order valence-electron chi connectivity index (χ2n) is 3.94. The molecule has 0 aromatic carbocycles. The molecule has 3 heteroatoms. The Kier molecular flexibility index (Phi) is 3.06. The van der Waals surface area contributed by atoms with Crippen LogP contribution in [0.1, 0.15) is 31.2 Å². The molecule has 1 aromatic rings. The van der Waals surface area contributed by atoms with Crippen molar-refractivity contribution in [1.29, 1.82) is 0 Å². The van der Waals surface area contributed by atoms with Crippen LogP contribution in [0.25, 0.3) is 0 Å². The number of hydrogen-bond donors (Lipinski definition) is 1. The highest BCUT2D eigenvalue weighted by atomic mass is 79.9. The van der Waals surface area contributed by atoms with Gasteiger partial charge in [-0.25, -0.2) is 4.98 Å². The van der Waals surface area contributed by atoms with Gasteiger partial charge in [-0.05, 0) is 47.3 Å². The molecule has 1 heterocycles. The number of aromatic nitrogens is 1. The van der Waals surface area contributed by atoms with Gasteiger partial charge in [-0.15, -0.1) is 0 Å². The van der Waals surface area contributed by atoms with Gasteiger partial charge in [0.25, 0.3) is 0 Å². The molecule has 0 aliphatic heterocycles. The van der Waals surface area contributed by atoms with E-state index in [2.05, 4.69) is 39.2 Å². The van der Waals surface area contributed by atoms with E-state index in [9.17, 15) is 0 Å². The minimum atomic E-state index is 0.642. The standard InChI is InChI=1S/C11H15BrN2/c1-8-6-11(13-7-10(8)12)14-9-4-2-3-5-9/h6-7,9H,2-5H2,1H3,(H,13,14). The Hall–Kier alpha value is -0.570. The Bertz CT molecular complexity index is 319. The highest BCUT2D eigenvalue weighted by Gasteiger charge is 2.14. The van der Waals surface area contributed by atoms with E-state index < -0.39 is 0 Å². The first kappa shape index (κ1) is 9.97. The van der Waals surface area contributed by atoms with Crippen molar-refractivity contribution < 1.29 is 0 Å². The zero-order valence-corrected chi connectivity index (χ0v) is 9.97. The van der Waals surface area contributed by atoms with Crippen molar-refractivity contribution in [2.75, 3.05) is 5.32 Å². The second-order valence-corrected chi connectivity index (χ2v) is 4.80. The van der Waals surface area contributed by atoms with Crippen LogP contribution in [0.3, 0.4) is 0 Å². The van der Waals surface area contributed by atoms with Crippen LogP contribution in [-0.4, -0.2) is 11.0 Å². The third kappa shape index (κ3) is 2.27. The number of rotatable bonds is 2. The number of aryl methyl sites for hydroxylation is 1. The molecule has 1 N–H and O–H groups in total. The molecule has 0 unspecified atom stereocenters. The van der Waals surface area contributed by atoms with Crippen LogP contribution in [0, 0.1) is 6.92 Å². The number of anilines is 1. The third-order valence-corrected chi connectivity index (χ3v) is 3.58. The second kappa shape index (κ2) is 4.30. The summed E-state index contributed by atoms with van der Waals surface area (Å²) in [6.45, 7) is 2.09. The minimum absolute atomic E-state index is 0.642. The fourth-order valence-electron chi connectivity index (χ4n) is 1.90. The maximum absolute atomic E-state index is 4.34. The summed E-state index contributed by atoms with van der Waals surface area (Å²) in [7, 11) is 0. The summed E-state index contributed by atoms with van der Waals surface area (Å²) in [5.74, 6) is 1.01. The van der Waals surface area contributed by atoms with Gasteiger partial charge in [-0.2, -0.15) is 0 Å². The number of hydrogen-bond acceptors (Lipinski definition) is 2. The predicted molar refractivity (Wildman–Crippen MR) is 62.6 cm³/mol. The predicted octanol–water partition coefficient (Wildman–Crippen LogP) is 3.51. The Balaban J connectivity index is 2.05. The maximum Gasteiger partial charge on any atom is 0.126 e. The molecule has 0 radical (unpaired) electrons. The van der Waals surface area contributed by atoms with Crippen LogP contribution in [0.15, 0.2) is 16.7 Å². The zero-order valence-electron chi connectivity index (χ0n) is 8.39. The summed E-state index contributed by atoms with van der Waals surface area (Å²) >= 11 is 3.45. The highest BCUT2D eigenvalue weighted by molar-refractivity contribution is 9.10. The lowest BCUT2D eigenvalue weighted by atomic mass is 10.2. The van der Waals surface area contributed by atoms with Gasteiger partial charge in [0.15, 0.2) is 0 Å². The summed E-state index contributed by atoms with van der Waals surface area (Å²) in [5.41, 5.74) is 1.24. The first-order valence-corrected chi connectivity index (χ1v) is 5.93. The fourth-order valence-corrected chi connectivity index (χ4v) is 2.11. The summed E-state index contributed by atoms with van der Waals surface area (Å²) < 4.78 is 1.08. The largest absolute Gasteiger partial charge is 0.367 e. The SMILES string of the molecule is Cc1cc(NC2CCCC2)ncc1Br. The molecule has 76 valence electrons. The molecule has 2 rings (SSSR count). The monoisotopic (exact) mass is 254 g/mol. The van der Waals surface area contributed by atoms with Crippen molar-refractivity contribution in [3.8, 4) is 0 Å². The fraction of sp³-hybridized carbons (Fsp3) is 0.545. The molecule has 1 aliphatic rings. The molecule has 14 heavy (non-hydrogen) atoms. The molecule has 0 spiro atoms. The molecular weight excluding hydrogens is 240 g/mol. The molecule has 0 saturated heterocycles. The van der Waals surface area contributed by atoms with E-state index in [-0.39, 0.29) is 0 Å². The van der Waals surface area contributed by atoms with Crippen molar-refractivity contribution in [2.24, 2.45) is 0 Å². The minimum Gasteiger partial charge on any atom is -0.367 e. The Morgan fingerprint density at radius 2 is 2.14 bits per heavy atom. The van der Waals surface area contributed by atoms with Crippen LogP contribution in [0.5, 0.6) is 0 Å². The van der Waals surface area contributed by atoms with E-state index in [1.165, 1.54) is 31.2 Å². The maximum atomic E-state index is 4.34. The first-order valence-electron chi connectivity index (χ1n) is 5.14. The third-order valence-electron chi connectivity index (χ3n) is 2.75. The molecule has 1 fully saturated rings. The lowest BCUT2D eigenvalue weighted by Crippen LogP contribution is -2.15. The van der Waals surface area contributed by atoms with Gasteiger partial charge in [-0.1, -0.05) is 12.8 Å². The topological polar surface area (TPSA) is 24.9 Å². The number of halogens is 1. The molecule has 0 bridgehead atoms. The van der Waals surface area contributed by atoms with E-state index >= 15 is 0 Å². The van der Waals surface area contributed by atoms with Gasteiger partial charge in [0.1, 0.15) is 5.82 Å². The molecule has 2 nitrogen and oxygen atoms in total.